The molecule has 4 rings (SSSR count). The number of alkyl halides is 3. The lowest BCUT2D eigenvalue weighted by Gasteiger charge is -2.30. The van der Waals surface area contributed by atoms with E-state index in [9.17, 15) is 17.6 Å². The van der Waals surface area contributed by atoms with Gasteiger partial charge in [-0.05, 0) is 31.9 Å². The number of hydrogen-bond acceptors (Lipinski definition) is 7. The van der Waals surface area contributed by atoms with Gasteiger partial charge in [-0.2, -0.15) is 13.2 Å². The molecule has 0 amide bonds. The molecule has 1 saturated carbocycles. The molecule has 2 aromatic heterocycles. The summed E-state index contributed by atoms with van der Waals surface area (Å²) < 4.78 is 57.4. The predicted octanol–water partition coefficient (Wildman–Crippen LogP) is 5.18. The van der Waals surface area contributed by atoms with Crippen molar-refractivity contribution in [3.63, 3.8) is 0 Å². The highest BCUT2D eigenvalue weighted by molar-refractivity contribution is 7.96. The maximum atomic E-state index is 14.5. The van der Waals surface area contributed by atoms with Gasteiger partial charge in [0.2, 0.25) is 5.95 Å². The van der Waals surface area contributed by atoms with Gasteiger partial charge in [0.1, 0.15) is 5.69 Å². The van der Waals surface area contributed by atoms with E-state index in [-0.39, 0.29) is 28.5 Å². The number of rotatable bonds is 5. The molecule has 2 aromatic rings. The van der Waals surface area contributed by atoms with Crippen molar-refractivity contribution >= 4 is 29.2 Å². The molecule has 2 aliphatic rings. The average Bonchev–Trinajstić information content (AvgIpc) is 3.07. The van der Waals surface area contributed by atoms with Gasteiger partial charge in [-0.3, -0.25) is 4.31 Å². The van der Waals surface area contributed by atoms with Gasteiger partial charge >= 0.3 is 6.18 Å². The molecule has 2 fully saturated rings. The number of nitrogens with zero attached hydrogens (tertiary/aromatic N) is 4. The zero-order chi connectivity index (χ0) is 20.6. The molecule has 0 spiro atoms. The lowest BCUT2D eigenvalue weighted by atomic mass is 9.86. The Labute approximate surface area is 174 Å². The van der Waals surface area contributed by atoms with Crippen molar-refractivity contribution in [2.75, 3.05) is 24.7 Å². The van der Waals surface area contributed by atoms with E-state index in [4.69, 9.17) is 0 Å². The van der Waals surface area contributed by atoms with Crippen LogP contribution < -0.4 is 5.32 Å². The molecule has 1 saturated heterocycles. The van der Waals surface area contributed by atoms with E-state index >= 15 is 0 Å². The van der Waals surface area contributed by atoms with Crippen LogP contribution in [0.25, 0.3) is 10.6 Å². The minimum atomic E-state index is -4.66. The van der Waals surface area contributed by atoms with E-state index < -0.39 is 17.7 Å². The van der Waals surface area contributed by atoms with Crippen molar-refractivity contribution in [3.05, 3.63) is 22.7 Å². The van der Waals surface area contributed by atoms with Crippen LogP contribution in [-0.2, 0) is 6.18 Å². The third-order valence-corrected chi connectivity index (χ3v) is 7.48. The summed E-state index contributed by atoms with van der Waals surface area (Å²) in [5, 5.41) is 3.56. The van der Waals surface area contributed by atoms with Crippen LogP contribution in [0.4, 0.5) is 23.5 Å². The van der Waals surface area contributed by atoms with E-state index in [0.29, 0.717) is 5.01 Å². The molecule has 1 aliphatic carbocycles. The largest absolute Gasteiger partial charge is 0.434 e. The summed E-state index contributed by atoms with van der Waals surface area (Å²) in [7, 11) is 0. The molecular formula is C18H21F4N5S2. The first-order valence-electron chi connectivity index (χ1n) is 9.51. The van der Waals surface area contributed by atoms with E-state index in [2.05, 4.69) is 24.6 Å². The fourth-order valence-electron chi connectivity index (χ4n) is 3.48. The first kappa shape index (κ1) is 20.8. The van der Waals surface area contributed by atoms with Gasteiger partial charge in [0, 0.05) is 25.0 Å². The van der Waals surface area contributed by atoms with Gasteiger partial charge in [0.05, 0.1) is 16.1 Å². The molecule has 3 heterocycles. The molecule has 0 bridgehead atoms. The van der Waals surface area contributed by atoms with Crippen molar-refractivity contribution in [2.24, 2.45) is 0 Å². The zero-order valence-corrected chi connectivity index (χ0v) is 17.4. The molecule has 5 nitrogen and oxygen atoms in total. The SMILES string of the molecule is CSN1CCC(Nc2ncc(F)c(-c3sc(C4CCC4)nc3C(F)(F)F)n2)CC1. The minimum absolute atomic E-state index is 0.0268. The fraction of sp³-hybridized carbons (Fsp3) is 0.611. The Bertz CT molecular complexity index is 860. The number of aromatic nitrogens is 3. The first-order valence-corrected chi connectivity index (χ1v) is 11.5. The number of halogens is 4. The monoisotopic (exact) mass is 447 g/mol. The molecule has 158 valence electrons. The predicted molar refractivity (Wildman–Crippen MR) is 106 cm³/mol. The van der Waals surface area contributed by atoms with Crippen LogP contribution in [-0.4, -0.2) is 44.6 Å². The molecule has 0 aromatic carbocycles. The molecule has 0 radical (unpaired) electrons. The van der Waals surface area contributed by atoms with Crippen molar-refractivity contribution < 1.29 is 17.6 Å². The van der Waals surface area contributed by atoms with Crippen molar-refractivity contribution in [3.8, 4) is 10.6 Å². The number of thiazole rings is 1. The Kier molecular flexibility index (Phi) is 5.99. The Morgan fingerprint density at radius 3 is 2.48 bits per heavy atom. The summed E-state index contributed by atoms with van der Waals surface area (Å²) >= 11 is 2.58. The number of hydrogen-bond donors (Lipinski definition) is 1. The van der Waals surface area contributed by atoms with Crippen LogP contribution in [0, 0.1) is 5.82 Å². The van der Waals surface area contributed by atoms with Gasteiger partial charge < -0.3 is 5.32 Å². The Morgan fingerprint density at radius 2 is 1.90 bits per heavy atom. The topological polar surface area (TPSA) is 53.9 Å². The highest BCUT2D eigenvalue weighted by Gasteiger charge is 2.40. The lowest BCUT2D eigenvalue weighted by molar-refractivity contribution is -0.140. The zero-order valence-electron chi connectivity index (χ0n) is 15.8. The Morgan fingerprint density at radius 1 is 1.17 bits per heavy atom. The van der Waals surface area contributed by atoms with Crippen LogP contribution >= 0.6 is 23.3 Å². The van der Waals surface area contributed by atoms with Crippen molar-refractivity contribution in [1.82, 2.24) is 19.3 Å². The van der Waals surface area contributed by atoms with Crippen LogP contribution in [0.5, 0.6) is 0 Å². The van der Waals surface area contributed by atoms with E-state index in [1.165, 1.54) is 0 Å². The summed E-state index contributed by atoms with van der Waals surface area (Å²) in [6, 6.07) is 0.103. The molecular weight excluding hydrogens is 426 g/mol. The number of piperidine rings is 1. The molecule has 11 heteroatoms. The van der Waals surface area contributed by atoms with Crippen molar-refractivity contribution in [1.29, 1.82) is 0 Å². The van der Waals surface area contributed by atoms with Crippen molar-refractivity contribution in [2.45, 2.75) is 50.2 Å². The summed E-state index contributed by atoms with van der Waals surface area (Å²) in [5.74, 6) is -0.697. The average molecular weight is 448 g/mol. The summed E-state index contributed by atoms with van der Waals surface area (Å²) in [4.78, 5) is 11.6. The van der Waals surface area contributed by atoms with E-state index in [1.54, 1.807) is 11.9 Å². The highest BCUT2D eigenvalue weighted by Crippen LogP contribution is 2.46. The third kappa shape index (κ3) is 4.51. The van der Waals surface area contributed by atoms with Crippen LogP contribution in [0.3, 0.4) is 0 Å². The molecule has 1 aliphatic heterocycles. The minimum Gasteiger partial charge on any atom is -0.351 e. The maximum Gasteiger partial charge on any atom is 0.434 e. The molecule has 0 atom stereocenters. The molecule has 29 heavy (non-hydrogen) atoms. The van der Waals surface area contributed by atoms with Gasteiger partial charge in [0.25, 0.3) is 0 Å². The molecule has 0 unspecified atom stereocenters. The standard InChI is InChI=1S/C18H21F4N5S2/c1-28-27-7-5-11(6-8-27)24-17-23-9-12(19)13(25-17)14-15(18(20,21)22)26-16(29-14)10-3-2-4-10/h9-11H,2-8H2,1H3,(H,23,24,25). The lowest BCUT2D eigenvalue weighted by Crippen LogP contribution is -2.35. The smallest absolute Gasteiger partial charge is 0.351 e. The summed E-state index contributed by atoms with van der Waals surface area (Å²) in [6.45, 7) is 1.79. The van der Waals surface area contributed by atoms with Gasteiger partial charge in [-0.15, -0.1) is 11.3 Å². The Balaban J connectivity index is 1.61. The quantitative estimate of drug-likeness (QED) is 0.504. The summed E-state index contributed by atoms with van der Waals surface area (Å²) in [5.41, 5.74) is -1.39. The number of nitrogens with one attached hydrogen (secondary N) is 1. The second-order valence-electron chi connectivity index (χ2n) is 7.28. The number of anilines is 1. The summed E-state index contributed by atoms with van der Waals surface area (Å²) in [6.07, 6.45) is 2.62. The van der Waals surface area contributed by atoms with E-state index in [1.807, 2.05) is 6.26 Å². The van der Waals surface area contributed by atoms with Gasteiger partial charge in [0.15, 0.2) is 11.5 Å². The highest BCUT2D eigenvalue weighted by atomic mass is 32.2. The maximum absolute atomic E-state index is 14.5. The molecule has 1 N–H and O–H groups in total. The fourth-order valence-corrected chi connectivity index (χ4v) is 5.30. The van der Waals surface area contributed by atoms with E-state index in [0.717, 1.165) is 62.7 Å². The van der Waals surface area contributed by atoms with Gasteiger partial charge in [-0.1, -0.05) is 18.4 Å². The third-order valence-electron chi connectivity index (χ3n) is 5.37. The first-order chi connectivity index (χ1) is 13.8. The normalized spacial score (nSPS) is 19.3. The van der Waals surface area contributed by atoms with Gasteiger partial charge in [-0.25, -0.2) is 19.3 Å². The van der Waals surface area contributed by atoms with Crippen LogP contribution in [0.15, 0.2) is 6.20 Å². The van der Waals surface area contributed by atoms with Crippen LogP contribution in [0.2, 0.25) is 0 Å². The second kappa shape index (κ2) is 8.35. The second-order valence-corrected chi connectivity index (χ2v) is 9.19. The Hall–Kier alpha value is -1.46. The van der Waals surface area contributed by atoms with Crippen LogP contribution in [0.1, 0.15) is 48.7 Å².